The molecular formula is C8H14ClNO. The van der Waals surface area contributed by atoms with Crippen molar-refractivity contribution in [2.75, 3.05) is 7.05 Å². The second-order valence-corrected chi connectivity index (χ2v) is 4.27. The van der Waals surface area contributed by atoms with E-state index in [0.29, 0.717) is 12.1 Å². The Morgan fingerprint density at radius 2 is 2.18 bits per heavy atom. The summed E-state index contributed by atoms with van der Waals surface area (Å²) in [6.45, 7) is 0. The molecule has 4 atom stereocenters. The fourth-order valence-corrected chi connectivity index (χ4v) is 2.75. The Hall–Kier alpha value is 0.210. The fourth-order valence-electron chi connectivity index (χ4n) is 2.38. The van der Waals surface area contributed by atoms with Crippen molar-refractivity contribution >= 4 is 11.6 Å². The first-order valence-electron chi connectivity index (χ1n) is 4.24. The van der Waals surface area contributed by atoms with Crippen LogP contribution in [-0.2, 0) is 0 Å². The first-order valence-corrected chi connectivity index (χ1v) is 4.68. The number of fused-ring (bicyclic) bond motifs is 2. The van der Waals surface area contributed by atoms with Crippen molar-refractivity contribution in [2.24, 2.45) is 0 Å². The third kappa shape index (κ3) is 1.08. The zero-order valence-corrected chi connectivity index (χ0v) is 7.46. The summed E-state index contributed by atoms with van der Waals surface area (Å²) in [6, 6.07) is 0.960. The summed E-state index contributed by atoms with van der Waals surface area (Å²) in [7, 11) is 2.09. The van der Waals surface area contributed by atoms with Gasteiger partial charge < -0.3 is 5.11 Å². The number of nitrogens with zero attached hydrogens (tertiary/aromatic N) is 1. The molecule has 2 fully saturated rings. The van der Waals surface area contributed by atoms with Crippen molar-refractivity contribution in [1.82, 2.24) is 4.90 Å². The van der Waals surface area contributed by atoms with Gasteiger partial charge in [-0.1, -0.05) is 0 Å². The highest BCUT2D eigenvalue weighted by molar-refractivity contribution is 6.21. The number of piperidine rings is 1. The Labute approximate surface area is 72.1 Å². The monoisotopic (exact) mass is 175 g/mol. The van der Waals surface area contributed by atoms with Gasteiger partial charge in [-0.2, -0.15) is 0 Å². The molecule has 0 saturated carbocycles. The van der Waals surface area contributed by atoms with Gasteiger partial charge >= 0.3 is 0 Å². The quantitative estimate of drug-likeness (QED) is 0.552. The standard InChI is InChI=1S/C8H14ClNO/c1-10-5-2-3-7(10)8(11)6(9)4-5/h5-8,11H,2-4H2,1H3/t5-,6?,7+,8+/m0/s1. The highest BCUT2D eigenvalue weighted by Gasteiger charge is 2.43. The van der Waals surface area contributed by atoms with Crippen LogP contribution in [0.15, 0.2) is 0 Å². The first-order chi connectivity index (χ1) is 5.20. The van der Waals surface area contributed by atoms with Gasteiger partial charge in [-0.15, -0.1) is 11.6 Å². The second kappa shape index (κ2) is 2.61. The SMILES string of the molecule is CN1[C@H]2CC[C@@H]1[C@H](O)C(Cl)C2. The lowest BCUT2D eigenvalue weighted by Crippen LogP contribution is -2.50. The van der Waals surface area contributed by atoms with Crippen molar-refractivity contribution in [3.8, 4) is 0 Å². The van der Waals surface area contributed by atoms with E-state index >= 15 is 0 Å². The zero-order chi connectivity index (χ0) is 8.01. The van der Waals surface area contributed by atoms with Crippen LogP contribution in [0.5, 0.6) is 0 Å². The summed E-state index contributed by atoms with van der Waals surface area (Å²) in [4.78, 5) is 2.28. The van der Waals surface area contributed by atoms with Gasteiger partial charge in [0.1, 0.15) is 0 Å². The predicted molar refractivity (Wildman–Crippen MR) is 44.8 cm³/mol. The molecule has 2 aliphatic rings. The molecule has 11 heavy (non-hydrogen) atoms. The number of aliphatic hydroxyl groups excluding tert-OH is 1. The van der Waals surface area contributed by atoms with E-state index in [0.717, 1.165) is 12.8 Å². The minimum absolute atomic E-state index is 0.0105. The number of aliphatic hydroxyl groups is 1. The summed E-state index contributed by atoms with van der Waals surface area (Å²) >= 11 is 5.99. The molecule has 2 aliphatic heterocycles. The van der Waals surface area contributed by atoms with E-state index in [4.69, 9.17) is 11.6 Å². The Bertz CT molecular complexity index is 164. The molecule has 0 radical (unpaired) electrons. The van der Waals surface area contributed by atoms with E-state index in [9.17, 15) is 5.11 Å². The Balaban J connectivity index is 2.16. The highest BCUT2D eigenvalue weighted by atomic mass is 35.5. The maximum Gasteiger partial charge on any atom is 0.0859 e. The summed E-state index contributed by atoms with van der Waals surface area (Å²) in [5, 5.41) is 9.65. The van der Waals surface area contributed by atoms with Crippen LogP contribution in [0.2, 0.25) is 0 Å². The van der Waals surface area contributed by atoms with Crippen LogP contribution in [0.3, 0.4) is 0 Å². The van der Waals surface area contributed by atoms with Crippen LogP contribution in [0.1, 0.15) is 19.3 Å². The molecule has 2 heterocycles. The van der Waals surface area contributed by atoms with Gasteiger partial charge in [0.2, 0.25) is 0 Å². The molecule has 64 valence electrons. The van der Waals surface area contributed by atoms with Gasteiger partial charge in [0, 0.05) is 12.1 Å². The smallest absolute Gasteiger partial charge is 0.0859 e. The number of halogens is 1. The average Bonchev–Trinajstić information content (AvgIpc) is 2.23. The zero-order valence-electron chi connectivity index (χ0n) is 6.70. The normalized spacial score (nSPS) is 51.5. The maximum absolute atomic E-state index is 9.66. The summed E-state index contributed by atoms with van der Waals surface area (Å²) in [5.74, 6) is 0. The number of hydrogen-bond acceptors (Lipinski definition) is 2. The molecule has 2 saturated heterocycles. The Morgan fingerprint density at radius 1 is 1.45 bits per heavy atom. The molecule has 1 unspecified atom stereocenters. The van der Waals surface area contributed by atoms with E-state index in [1.54, 1.807) is 0 Å². The van der Waals surface area contributed by atoms with Crippen molar-refractivity contribution in [1.29, 1.82) is 0 Å². The molecule has 0 aromatic carbocycles. The van der Waals surface area contributed by atoms with Crippen LogP contribution in [0, 0.1) is 0 Å². The van der Waals surface area contributed by atoms with E-state index in [1.165, 1.54) is 6.42 Å². The number of alkyl halides is 1. The molecule has 3 heteroatoms. The lowest BCUT2D eigenvalue weighted by Gasteiger charge is -2.37. The third-order valence-corrected chi connectivity index (χ3v) is 3.59. The molecule has 2 nitrogen and oxygen atoms in total. The number of likely N-dealkylation sites (N-methyl/N-ethyl adjacent to an activating group) is 1. The molecular weight excluding hydrogens is 162 g/mol. The van der Waals surface area contributed by atoms with Gasteiger partial charge in [-0.25, -0.2) is 0 Å². The van der Waals surface area contributed by atoms with Crippen molar-refractivity contribution < 1.29 is 5.11 Å². The van der Waals surface area contributed by atoms with Crippen molar-refractivity contribution in [3.05, 3.63) is 0 Å². The van der Waals surface area contributed by atoms with E-state index in [-0.39, 0.29) is 11.5 Å². The van der Waals surface area contributed by atoms with Gasteiger partial charge in [0.25, 0.3) is 0 Å². The van der Waals surface area contributed by atoms with E-state index in [2.05, 4.69) is 11.9 Å². The molecule has 0 aliphatic carbocycles. The topological polar surface area (TPSA) is 23.5 Å². The largest absolute Gasteiger partial charge is 0.390 e. The van der Waals surface area contributed by atoms with Gasteiger partial charge in [-0.05, 0) is 26.3 Å². The number of rotatable bonds is 0. The summed E-state index contributed by atoms with van der Waals surface area (Å²) in [6.07, 6.45) is 2.98. The minimum atomic E-state index is -0.305. The van der Waals surface area contributed by atoms with Crippen LogP contribution in [-0.4, -0.2) is 40.6 Å². The number of hydrogen-bond donors (Lipinski definition) is 1. The minimum Gasteiger partial charge on any atom is -0.390 e. The Kier molecular flexibility index (Phi) is 1.86. The predicted octanol–water partition coefficient (Wildman–Crippen LogP) is 0.821. The fraction of sp³-hybridized carbons (Fsp3) is 1.00. The third-order valence-electron chi connectivity index (χ3n) is 3.16. The molecule has 0 amide bonds. The molecule has 2 bridgehead atoms. The molecule has 0 aromatic rings. The van der Waals surface area contributed by atoms with Crippen molar-refractivity contribution in [3.63, 3.8) is 0 Å². The van der Waals surface area contributed by atoms with Crippen LogP contribution in [0.4, 0.5) is 0 Å². The van der Waals surface area contributed by atoms with Crippen LogP contribution < -0.4 is 0 Å². The van der Waals surface area contributed by atoms with Gasteiger partial charge in [0.05, 0.1) is 11.5 Å². The van der Waals surface area contributed by atoms with Crippen LogP contribution in [0.25, 0.3) is 0 Å². The van der Waals surface area contributed by atoms with Gasteiger partial charge in [0.15, 0.2) is 0 Å². The summed E-state index contributed by atoms with van der Waals surface area (Å²) in [5.41, 5.74) is 0. The summed E-state index contributed by atoms with van der Waals surface area (Å²) < 4.78 is 0. The molecule has 0 spiro atoms. The first kappa shape index (κ1) is 7.84. The highest BCUT2D eigenvalue weighted by Crippen LogP contribution is 2.36. The molecule has 2 rings (SSSR count). The Morgan fingerprint density at radius 3 is 2.91 bits per heavy atom. The lowest BCUT2D eigenvalue weighted by molar-refractivity contribution is 0.0330. The maximum atomic E-state index is 9.66. The second-order valence-electron chi connectivity index (χ2n) is 3.71. The average molecular weight is 176 g/mol. The lowest BCUT2D eigenvalue weighted by atomic mass is 10.0. The van der Waals surface area contributed by atoms with E-state index in [1.807, 2.05) is 0 Å². The van der Waals surface area contributed by atoms with Gasteiger partial charge in [-0.3, -0.25) is 4.90 Å². The van der Waals surface area contributed by atoms with Crippen LogP contribution >= 0.6 is 11.6 Å². The molecule has 1 N–H and O–H groups in total. The van der Waals surface area contributed by atoms with Crippen molar-refractivity contribution in [2.45, 2.75) is 42.8 Å². The molecule has 0 aromatic heterocycles. The van der Waals surface area contributed by atoms with E-state index < -0.39 is 0 Å².